The number of hydrogen-bond acceptors (Lipinski definition) is 19. The second-order valence-corrected chi connectivity index (χ2v) is 24.5. The van der Waals surface area contributed by atoms with Crippen LogP contribution in [0, 0.1) is 0 Å². The Morgan fingerprint density at radius 2 is 0.723 bits per heavy atom. The van der Waals surface area contributed by atoms with Crippen LogP contribution in [-0.2, 0) is 60.1 Å². The molecule has 0 heterocycles. The molecule has 0 bridgehead atoms. The van der Waals surface area contributed by atoms with Crippen LogP contribution in [0.3, 0.4) is 0 Å². The van der Waals surface area contributed by atoms with Gasteiger partial charge in [0.25, 0.3) is 40.5 Å². The highest BCUT2D eigenvalue weighted by Gasteiger charge is 2.25. The number of fused-ring (bicyclic) bond motifs is 2. The SMILES string of the molecule is O=S(=O)(O)c1ccc2c(N=Nc3ccc(S(=O)(=O)CCSCCS(=O)(=O)c4ccc(N=Nc5c(O)c(S(=O)(=O)O)cc6cc(S(=O)(=O)O)ccc56)cc4)cc3)c(O)c(S(=O)(=O)O)cc2c1. The first-order chi connectivity index (χ1) is 30.1. The Morgan fingerprint density at radius 3 is 1.03 bits per heavy atom. The van der Waals surface area contributed by atoms with Gasteiger partial charge in [0.1, 0.15) is 21.2 Å². The second kappa shape index (κ2) is 18.1. The minimum Gasteiger partial charge on any atom is -0.504 e. The Bertz CT molecular complexity index is 3420. The fraction of sp³-hybridized carbons (Fsp3) is 0.111. The van der Waals surface area contributed by atoms with E-state index in [0.717, 1.165) is 60.3 Å². The minimum absolute atomic E-state index is 0.00811. The van der Waals surface area contributed by atoms with Crippen molar-refractivity contribution in [2.75, 3.05) is 23.0 Å². The molecule has 65 heavy (non-hydrogen) atoms. The van der Waals surface area contributed by atoms with Crippen LogP contribution in [0.15, 0.2) is 147 Å². The van der Waals surface area contributed by atoms with E-state index in [9.17, 15) is 78.9 Å². The maximum absolute atomic E-state index is 13.0. The Kier molecular flexibility index (Phi) is 13.6. The monoisotopic (exact) mass is 1030 g/mol. The summed E-state index contributed by atoms with van der Waals surface area (Å²) in [6, 6.07) is 17.1. The van der Waals surface area contributed by atoms with Gasteiger partial charge in [-0.15, -0.1) is 10.2 Å². The van der Waals surface area contributed by atoms with E-state index in [-0.39, 0.29) is 54.2 Å². The number of phenols is 2. The van der Waals surface area contributed by atoms with Crippen molar-refractivity contribution >= 4 is 116 Å². The fourth-order valence-electron chi connectivity index (χ4n) is 5.91. The molecule has 0 fully saturated rings. The molecular formula is C36H30N4O18S7. The number of benzene rings is 6. The molecule has 29 heteroatoms. The summed E-state index contributed by atoms with van der Waals surface area (Å²) in [6.45, 7) is 0. The zero-order chi connectivity index (χ0) is 47.9. The average Bonchev–Trinajstić information content (AvgIpc) is 3.21. The van der Waals surface area contributed by atoms with Gasteiger partial charge in [-0.2, -0.15) is 55.7 Å². The lowest BCUT2D eigenvalue weighted by Crippen LogP contribution is -2.12. The van der Waals surface area contributed by atoms with Crippen molar-refractivity contribution in [1.82, 2.24) is 0 Å². The molecule has 6 N–H and O–H groups in total. The third-order valence-electron chi connectivity index (χ3n) is 9.11. The van der Waals surface area contributed by atoms with E-state index >= 15 is 0 Å². The predicted molar refractivity (Wildman–Crippen MR) is 233 cm³/mol. The Labute approximate surface area is 374 Å². The van der Waals surface area contributed by atoms with E-state index in [1.807, 2.05) is 0 Å². The van der Waals surface area contributed by atoms with E-state index in [2.05, 4.69) is 20.5 Å². The summed E-state index contributed by atoms with van der Waals surface area (Å²) in [5, 5.41) is 36.3. The van der Waals surface area contributed by atoms with Crippen LogP contribution < -0.4 is 0 Å². The molecular weight excluding hydrogens is 1000 g/mol. The third kappa shape index (κ3) is 11.3. The van der Waals surface area contributed by atoms with E-state index < -0.39 is 114 Å². The van der Waals surface area contributed by atoms with Gasteiger partial charge < -0.3 is 10.2 Å². The smallest absolute Gasteiger partial charge is 0.298 e. The van der Waals surface area contributed by atoms with Gasteiger partial charge in [0.05, 0.1) is 42.5 Å². The van der Waals surface area contributed by atoms with Crippen LogP contribution in [0.2, 0.25) is 0 Å². The number of phenolic OH excluding ortho intramolecular Hbond substituents is 2. The lowest BCUT2D eigenvalue weighted by Gasteiger charge is -2.09. The summed E-state index contributed by atoms with van der Waals surface area (Å²) in [6.07, 6.45) is 0. The normalized spacial score (nSPS) is 13.4. The van der Waals surface area contributed by atoms with Gasteiger partial charge in [-0.3, -0.25) is 18.2 Å². The molecule has 344 valence electrons. The average molecular weight is 1030 g/mol. The van der Waals surface area contributed by atoms with Crippen LogP contribution in [0.25, 0.3) is 21.5 Å². The summed E-state index contributed by atoms with van der Waals surface area (Å²) in [5.41, 5.74) is -0.957. The molecule has 0 atom stereocenters. The zero-order valence-electron chi connectivity index (χ0n) is 32.3. The highest BCUT2D eigenvalue weighted by atomic mass is 32.2. The number of thioether (sulfide) groups is 1. The molecule has 0 saturated carbocycles. The Hall–Kier alpha value is -5.47. The first kappa shape index (κ1) is 49.0. The number of sulfone groups is 2. The molecule has 22 nitrogen and oxygen atoms in total. The van der Waals surface area contributed by atoms with Crippen LogP contribution in [0.4, 0.5) is 22.7 Å². The van der Waals surface area contributed by atoms with Crippen molar-refractivity contribution in [3.05, 3.63) is 97.1 Å². The van der Waals surface area contributed by atoms with E-state index in [4.69, 9.17) is 0 Å². The standard InChI is InChI=1S/C36H30N4O18S7/c41-35-31(64(53,54)55)19-21-17-27(62(47,48)49)9-11-29(21)33(35)39-37-23-1-5-25(6-2-23)60(43,44)15-13-59-14-16-61(45,46)26-7-3-24(4-8-26)38-40-34-30-12-10-28(63(50,51)52)18-22(30)20-32(36(34)42)65(56,57)58/h1-12,17-20,41-42H,13-16H2,(H,47,48,49)(H,50,51,52)(H,53,54,55)(H,56,57,58). The van der Waals surface area contributed by atoms with Crippen molar-refractivity contribution in [2.24, 2.45) is 20.5 Å². The number of azo groups is 2. The van der Waals surface area contributed by atoms with Crippen LogP contribution in [0.5, 0.6) is 11.5 Å². The topological polar surface area (TPSA) is 376 Å². The van der Waals surface area contributed by atoms with E-state index in [1.54, 1.807) is 0 Å². The minimum atomic E-state index is -5.06. The Morgan fingerprint density at radius 1 is 0.400 bits per heavy atom. The quantitative estimate of drug-likeness (QED) is 0.0357. The van der Waals surface area contributed by atoms with Gasteiger partial charge in [-0.25, -0.2) is 16.8 Å². The van der Waals surface area contributed by atoms with Crippen LogP contribution in [0.1, 0.15) is 0 Å². The second-order valence-electron chi connectivity index (χ2n) is 13.4. The molecule has 0 aromatic heterocycles. The molecule has 6 rings (SSSR count). The molecule has 0 spiro atoms. The number of rotatable bonds is 16. The fourth-order valence-corrected chi connectivity index (χ4v) is 12.6. The predicted octanol–water partition coefficient (Wildman–Crippen LogP) is 6.20. The summed E-state index contributed by atoms with van der Waals surface area (Å²) >= 11 is 1.04. The summed E-state index contributed by atoms with van der Waals surface area (Å²) in [7, 11) is -27.4. The molecule has 6 aromatic carbocycles. The largest absolute Gasteiger partial charge is 0.504 e. The molecule has 0 unspecified atom stereocenters. The molecule has 6 aromatic rings. The van der Waals surface area contributed by atoms with Crippen molar-refractivity contribution in [3.8, 4) is 11.5 Å². The summed E-state index contributed by atoms with van der Waals surface area (Å²) in [4.78, 5) is -3.58. The van der Waals surface area contributed by atoms with Crippen molar-refractivity contribution in [1.29, 1.82) is 0 Å². The van der Waals surface area contributed by atoms with Crippen molar-refractivity contribution in [2.45, 2.75) is 29.4 Å². The lowest BCUT2D eigenvalue weighted by atomic mass is 10.1. The van der Waals surface area contributed by atoms with Crippen molar-refractivity contribution in [3.63, 3.8) is 0 Å². The highest BCUT2D eigenvalue weighted by Crippen LogP contribution is 2.43. The molecule has 0 saturated heterocycles. The van der Waals surface area contributed by atoms with Crippen molar-refractivity contribution < 1.29 is 78.9 Å². The van der Waals surface area contributed by atoms with E-state index in [0.29, 0.717) is 0 Å². The van der Waals surface area contributed by atoms with Crippen LogP contribution in [-0.4, -0.2) is 102 Å². The van der Waals surface area contributed by atoms with Gasteiger partial charge in [0.15, 0.2) is 31.2 Å². The van der Waals surface area contributed by atoms with Gasteiger partial charge >= 0.3 is 0 Å². The first-order valence-corrected chi connectivity index (χ1v) is 27.8. The Balaban J connectivity index is 1.08. The third-order valence-corrected chi connectivity index (χ3v) is 17.5. The summed E-state index contributed by atoms with van der Waals surface area (Å²) in [5.74, 6) is -2.87. The van der Waals surface area contributed by atoms with E-state index in [1.165, 1.54) is 48.5 Å². The number of nitrogens with zero attached hydrogens (tertiary/aromatic N) is 4. The molecule has 0 aliphatic heterocycles. The van der Waals surface area contributed by atoms with Gasteiger partial charge in [-0.05, 0) is 95.7 Å². The summed E-state index contributed by atoms with van der Waals surface area (Å²) < 4.78 is 184. The molecule has 0 aliphatic carbocycles. The zero-order valence-corrected chi connectivity index (χ0v) is 38.0. The van der Waals surface area contributed by atoms with Gasteiger partial charge in [0.2, 0.25) is 0 Å². The van der Waals surface area contributed by atoms with Gasteiger partial charge in [-0.1, -0.05) is 12.1 Å². The van der Waals surface area contributed by atoms with Crippen LogP contribution >= 0.6 is 11.8 Å². The maximum atomic E-state index is 13.0. The number of aromatic hydroxyl groups is 2. The molecule has 0 aliphatic rings. The molecule has 0 amide bonds. The molecule has 0 radical (unpaired) electrons. The highest BCUT2D eigenvalue weighted by molar-refractivity contribution is 8.01. The van der Waals surface area contributed by atoms with Gasteiger partial charge in [0, 0.05) is 22.3 Å². The lowest BCUT2D eigenvalue weighted by molar-refractivity contribution is 0.443. The number of hydrogen-bond donors (Lipinski definition) is 6. The maximum Gasteiger partial charge on any atom is 0.298 e. The first-order valence-electron chi connectivity index (χ1n) is 17.6.